The lowest BCUT2D eigenvalue weighted by Crippen LogP contribution is -2.24. The largest absolute Gasteiger partial charge is 0.378 e. The molecule has 3 aromatic carbocycles. The molecule has 0 atom stereocenters. The number of nitrogens with one attached hydrogen (secondary N) is 1. The Bertz CT molecular complexity index is 833. The Labute approximate surface area is 142 Å². The summed E-state index contributed by atoms with van der Waals surface area (Å²) in [5.41, 5.74) is 3.32. The maximum Gasteiger partial charge on any atom is 0.224 e. The Morgan fingerprint density at radius 2 is 1.62 bits per heavy atom. The molecule has 122 valence electrons. The van der Waals surface area contributed by atoms with Gasteiger partial charge in [0.05, 0.1) is 6.42 Å². The van der Waals surface area contributed by atoms with Gasteiger partial charge < -0.3 is 10.2 Å². The third kappa shape index (κ3) is 3.74. The van der Waals surface area contributed by atoms with E-state index in [1.165, 1.54) is 5.39 Å². The van der Waals surface area contributed by atoms with Crippen molar-refractivity contribution in [3.05, 3.63) is 77.9 Å². The van der Waals surface area contributed by atoms with Crippen LogP contribution in [0.2, 0.25) is 0 Å². The molecule has 0 aliphatic carbocycles. The van der Waals surface area contributed by atoms with E-state index in [4.69, 9.17) is 0 Å². The normalized spacial score (nSPS) is 10.6. The van der Waals surface area contributed by atoms with Gasteiger partial charge in [-0.25, -0.2) is 0 Å². The van der Waals surface area contributed by atoms with Crippen LogP contribution in [0.4, 0.5) is 5.69 Å². The van der Waals surface area contributed by atoms with Crippen LogP contribution in [-0.4, -0.2) is 20.0 Å². The van der Waals surface area contributed by atoms with E-state index in [1.54, 1.807) is 0 Å². The van der Waals surface area contributed by atoms with Crippen LogP contribution in [0.1, 0.15) is 11.1 Å². The van der Waals surface area contributed by atoms with Gasteiger partial charge in [-0.2, -0.15) is 0 Å². The molecule has 0 aliphatic rings. The Balaban J connectivity index is 1.63. The molecule has 0 bridgehead atoms. The SMILES string of the molecule is CN(C)c1ccc(CNC(=O)Cc2cccc3ccccc23)cc1. The molecule has 0 aromatic heterocycles. The van der Waals surface area contributed by atoms with Gasteiger partial charge in [0.2, 0.25) is 5.91 Å². The lowest BCUT2D eigenvalue weighted by atomic mass is 10.0. The second kappa shape index (κ2) is 7.18. The minimum absolute atomic E-state index is 0.0445. The van der Waals surface area contributed by atoms with Crippen molar-refractivity contribution in [2.75, 3.05) is 19.0 Å². The van der Waals surface area contributed by atoms with Gasteiger partial charge in [0.1, 0.15) is 0 Å². The highest BCUT2D eigenvalue weighted by atomic mass is 16.1. The van der Waals surface area contributed by atoms with E-state index in [0.29, 0.717) is 13.0 Å². The van der Waals surface area contributed by atoms with Crippen LogP contribution in [0.15, 0.2) is 66.7 Å². The van der Waals surface area contributed by atoms with E-state index in [-0.39, 0.29) is 5.91 Å². The van der Waals surface area contributed by atoms with Gasteiger partial charge in [0.25, 0.3) is 0 Å². The average molecular weight is 318 g/mol. The summed E-state index contributed by atoms with van der Waals surface area (Å²) in [5, 5.41) is 5.32. The lowest BCUT2D eigenvalue weighted by Gasteiger charge is -2.13. The minimum Gasteiger partial charge on any atom is -0.378 e. The van der Waals surface area contributed by atoms with Crippen molar-refractivity contribution >= 4 is 22.4 Å². The number of carbonyl (C=O) groups is 1. The number of anilines is 1. The first kappa shape index (κ1) is 16.1. The van der Waals surface area contributed by atoms with E-state index in [2.05, 4.69) is 40.5 Å². The van der Waals surface area contributed by atoms with Crippen molar-refractivity contribution in [1.82, 2.24) is 5.32 Å². The third-order valence-electron chi connectivity index (χ3n) is 4.17. The fraction of sp³-hybridized carbons (Fsp3) is 0.190. The molecule has 3 aromatic rings. The van der Waals surface area contributed by atoms with Gasteiger partial charge in [0.15, 0.2) is 0 Å². The topological polar surface area (TPSA) is 32.3 Å². The maximum absolute atomic E-state index is 12.3. The first-order chi connectivity index (χ1) is 11.6. The third-order valence-corrected chi connectivity index (χ3v) is 4.17. The quantitative estimate of drug-likeness (QED) is 0.777. The van der Waals surface area contributed by atoms with Crippen molar-refractivity contribution in [1.29, 1.82) is 0 Å². The van der Waals surface area contributed by atoms with E-state index < -0.39 is 0 Å². The number of hydrogen-bond acceptors (Lipinski definition) is 2. The molecule has 0 heterocycles. The van der Waals surface area contributed by atoms with E-state index in [0.717, 1.165) is 22.2 Å². The smallest absolute Gasteiger partial charge is 0.224 e. The zero-order chi connectivity index (χ0) is 16.9. The summed E-state index contributed by atoms with van der Waals surface area (Å²) in [5.74, 6) is 0.0445. The fourth-order valence-electron chi connectivity index (χ4n) is 2.79. The van der Waals surface area contributed by atoms with Gasteiger partial charge in [-0.1, -0.05) is 54.6 Å². The number of fused-ring (bicyclic) bond motifs is 1. The van der Waals surface area contributed by atoms with Gasteiger partial charge >= 0.3 is 0 Å². The zero-order valence-corrected chi connectivity index (χ0v) is 14.1. The summed E-state index contributed by atoms with van der Waals surface area (Å²) in [6, 6.07) is 22.5. The average Bonchev–Trinajstić information content (AvgIpc) is 2.61. The van der Waals surface area contributed by atoms with Crippen LogP contribution in [0, 0.1) is 0 Å². The van der Waals surface area contributed by atoms with Gasteiger partial charge in [-0.15, -0.1) is 0 Å². The Morgan fingerprint density at radius 3 is 2.38 bits per heavy atom. The van der Waals surface area contributed by atoms with Crippen LogP contribution in [-0.2, 0) is 17.8 Å². The highest BCUT2D eigenvalue weighted by molar-refractivity contribution is 5.90. The zero-order valence-electron chi connectivity index (χ0n) is 14.1. The summed E-state index contributed by atoms with van der Waals surface area (Å²) in [6.07, 6.45) is 0.400. The first-order valence-corrected chi connectivity index (χ1v) is 8.13. The molecule has 0 fully saturated rings. The minimum atomic E-state index is 0.0445. The first-order valence-electron chi connectivity index (χ1n) is 8.13. The number of nitrogens with zero attached hydrogens (tertiary/aromatic N) is 1. The monoisotopic (exact) mass is 318 g/mol. The van der Waals surface area contributed by atoms with Crippen molar-refractivity contribution < 1.29 is 4.79 Å². The van der Waals surface area contributed by atoms with Crippen LogP contribution in [0.25, 0.3) is 10.8 Å². The number of rotatable bonds is 5. The molecule has 0 radical (unpaired) electrons. The molecule has 24 heavy (non-hydrogen) atoms. The Kier molecular flexibility index (Phi) is 4.80. The van der Waals surface area contributed by atoms with E-state index in [1.807, 2.05) is 50.5 Å². The predicted molar refractivity (Wildman–Crippen MR) is 100 cm³/mol. The summed E-state index contributed by atoms with van der Waals surface area (Å²) >= 11 is 0. The molecule has 0 aliphatic heterocycles. The second-order valence-electron chi connectivity index (χ2n) is 6.15. The summed E-state index contributed by atoms with van der Waals surface area (Å²) in [6.45, 7) is 0.553. The molecule has 0 saturated carbocycles. The highest BCUT2D eigenvalue weighted by Crippen LogP contribution is 2.19. The second-order valence-corrected chi connectivity index (χ2v) is 6.15. The molecule has 0 unspecified atom stereocenters. The summed E-state index contributed by atoms with van der Waals surface area (Å²) < 4.78 is 0. The summed E-state index contributed by atoms with van der Waals surface area (Å²) in [4.78, 5) is 14.3. The highest BCUT2D eigenvalue weighted by Gasteiger charge is 2.07. The van der Waals surface area contributed by atoms with Gasteiger partial charge in [-0.3, -0.25) is 4.79 Å². The van der Waals surface area contributed by atoms with Crippen molar-refractivity contribution in [3.8, 4) is 0 Å². The predicted octanol–water partition coefficient (Wildman–Crippen LogP) is 3.76. The maximum atomic E-state index is 12.3. The molecular formula is C21H22N2O. The molecule has 0 spiro atoms. The molecular weight excluding hydrogens is 296 g/mol. The van der Waals surface area contributed by atoms with Crippen molar-refractivity contribution in [3.63, 3.8) is 0 Å². The summed E-state index contributed by atoms with van der Waals surface area (Å²) in [7, 11) is 4.03. The number of amides is 1. The van der Waals surface area contributed by atoms with E-state index >= 15 is 0 Å². The molecule has 3 heteroatoms. The van der Waals surface area contributed by atoms with Crippen LogP contribution >= 0.6 is 0 Å². The van der Waals surface area contributed by atoms with Crippen molar-refractivity contribution in [2.24, 2.45) is 0 Å². The molecule has 1 amide bonds. The molecule has 1 N–H and O–H groups in total. The van der Waals surface area contributed by atoms with Crippen LogP contribution in [0.5, 0.6) is 0 Å². The number of benzene rings is 3. The lowest BCUT2D eigenvalue weighted by molar-refractivity contribution is -0.120. The number of hydrogen-bond donors (Lipinski definition) is 1. The van der Waals surface area contributed by atoms with Gasteiger partial charge in [-0.05, 0) is 34.0 Å². The van der Waals surface area contributed by atoms with Crippen LogP contribution in [0.3, 0.4) is 0 Å². The molecule has 3 nitrogen and oxygen atoms in total. The fourth-order valence-corrected chi connectivity index (χ4v) is 2.79. The van der Waals surface area contributed by atoms with E-state index in [9.17, 15) is 4.79 Å². The Morgan fingerprint density at radius 1 is 0.917 bits per heavy atom. The molecule has 0 saturated heterocycles. The van der Waals surface area contributed by atoms with Crippen LogP contribution < -0.4 is 10.2 Å². The molecule has 3 rings (SSSR count). The standard InChI is InChI=1S/C21H22N2O/c1-23(2)19-12-10-16(11-13-19)15-22-21(24)14-18-8-5-7-17-6-3-4-9-20(17)18/h3-13H,14-15H2,1-2H3,(H,22,24). The number of carbonyl (C=O) groups excluding carboxylic acids is 1. The van der Waals surface area contributed by atoms with Gasteiger partial charge in [0, 0.05) is 26.3 Å². The Hall–Kier alpha value is -2.81. The van der Waals surface area contributed by atoms with Crippen molar-refractivity contribution in [2.45, 2.75) is 13.0 Å².